The van der Waals surface area contributed by atoms with Crippen molar-refractivity contribution in [1.29, 1.82) is 0 Å². The minimum atomic E-state index is 0.351. The Hall–Kier alpha value is -2.67. The SMILES string of the molecule is COC1CCN(c2cc(-c3ncc[nH]3)n(-c3ccc(C)nc3)n2)CC1. The summed E-state index contributed by atoms with van der Waals surface area (Å²) in [7, 11) is 1.79. The van der Waals surface area contributed by atoms with Gasteiger partial charge in [-0.05, 0) is 31.9 Å². The van der Waals surface area contributed by atoms with Crippen LogP contribution in [0.2, 0.25) is 0 Å². The lowest BCUT2D eigenvalue weighted by Gasteiger charge is -2.31. The minimum Gasteiger partial charge on any atom is -0.381 e. The predicted octanol–water partition coefficient (Wildman–Crippen LogP) is 2.58. The summed E-state index contributed by atoms with van der Waals surface area (Å²) < 4.78 is 7.37. The standard InChI is InChI=1S/C18H22N6O/c1-13-3-4-14(12-21-13)24-16(18-19-7-8-20-18)11-17(22-24)23-9-5-15(25-2)6-10-23/h3-4,7-8,11-12,15H,5-6,9-10H2,1-2H3,(H,19,20). The highest BCUT2D eigenvalue weighted by atomic mass is 16.5. The molecule has 4 rings (SSSR count). The van der Waals surface area contributed by atoms with Gasteiger partial charge in [0.25, 0.3) is 0 Å². The molecule has 0 spiro atoms. The number of hydrogen-bond acceptors (Lipinski definition) is 5. The molecule has 25 heavy (non-hydrogen) atoms. The first-order valence-corrected chi connectivity index (χ1v) is 8.55. The van der Waals surface area contributed by atoms with Crippen molar-refractivity contribution in [3.05, 3.63) is 42.5 Å². The molecule has 0 bridgehead atoms. The Morgan fingerprint density at radius 3 is 2.68 bits per heavy atom. The molecular weight excluding hydrogens is 316 g/mol. The van der Waals surface area contributed by atoms with Crippen LogP contribution in [0.15, 0.2) is 36.8 Å². The van der Waals surface area contributed by atoms with Crippen LogP contribution < -0.4 is 4.90 Å². The number of pyridine rings is 1. The molecule has 1 aliphatic rings. The van der Waals surface area contributed by atoms with E-state index in [-0.39, 0.29) is 0 Å². The van der Waals surface area contributed by atoms with Crippen LogP contribution in [0, 0.1) is 6.92 Å². The molecule has 0 saturated carbocycles. The summed E-state index contributed by atoms with van der Waals surface area (Å²) in [5.74, 6) is 1.76. The van der Waals surface area contributed by atoms with Crippen molar-refractivity contribution in [2.75, 3.05) is 25.1 Å². The number of aryl methyl sites for hydroxylation is 1. The zero-order valence-corrected chi connectivity index (χ0v) is 14.5. The molecule has 1 aliphatic heterocycles. The Balaban J connectivity index is 1.70. The number of aromatic amines is 1. The summed E-state index contributed by atoms with van der Waals surface area (Å²) in [6.45, 7) is 3.87. The van der Waals surface area contributed by atoms with E-state index in [2.05, 4.69) is 25.9 Å². The number of imidazole rings is 1. The maximum absolute atomic E-state index is 5.47. The molecule has 0 aromatic carbocycles. The normalized spacial score (nSPS) is 15.7. The Morgan fingerprint density at radius 1 is 1.20 bits per heavy atom. The molecule has 0 radical (unpaired) electrons. The number of H-pyrrole nitrogens is 1. The highest BCUT2D eigenvalue weighted by Gasteiger charge is 2.23. The number of nitrogens with zero attached hydrogens (tertiary/aromatic N) is 5. The van der Waals surface area contributed by atoms with Gasteiger partial charge < -0.3 is 14.6 Å². The van der Waals surface area contributed by atoms with Crippen LogP contribution in [0.25, 0.3) is 17.2 Å². The van der Waals surface area contributed by atoms with Crippen molar-refractivity contribution in [2.24, 2.45) is 0 Å². The summed E-state index contributed by atoms with van der Waals surface area (Å²) in [6.07, 6.45) is 7.81. The smallest absolute Gasteiger partial charge is 0.156 e. The molecule has 130 valence electrons. The van der Waals surface area contributed by atoms with Gasteiger partial charge in [-0.1, -0.05) is 0 Å². The lowest BCUT2D eigenvalue weighted by Crippen LogP contribution is -2.36. The number of ether oxygens (including phenoxy) is 1. The zero-order valence-electron chi connectivity index (χ0n) is 14.5. The largest absolute Gasteiger partial charge is 0.381 e. The zero-order chi connectivity index (χ0) is 17.2. The van der Waals surface area contributed by atoms with Crippen molar-refractivity contribution >= 4 is 5.82 Å². The number of nitrogens with one attached hydrogen (secondary N) is 1. The Kier molecular flexibility index (Phi) is 4.23. The molecule has 0 aliphatic carbocycles. The first-order chi connectivity index (χ1) is 12.2. The van der Waals surface area contributed by atoms with Gasteiger partial charge in [-0.15, -0.1) is 5.10 Å². The second-order valence-corrected chi connectivity index (χ2v) is 6.32. The molecule has 1 saturated heterocycles. The van der Waals surface area contributed by atoms with E-state index in [9.17, 15) is 0 Å². The van der Waals surface area contributed by atoms with Gasteiger partial charge in [0.05, 0.1) is 18.0 Å². The summed E-state index contributed by atoms with van der Waals surface area (Å²) >= 11 is 0. The van der Waals surface area contributed by atoms with Crippen LogP contribution in [0.5, 0.6) is 0 Å². The maximum atomic E-state index is 5.47. The molecular formula is C18H22N6O. The second-order valence-electron chi connectivity index (χ2n) is 6.32. The number of aromatic nitrogens is 5. The van der Waals surface area contributed by atoms with Gasteiger partial charge in [0.15, 0.2) is 11.6 Å². The summed E-state index contributed by atoms with van der Waals surface area (Å²) in [5.41, 5.74) is 2.84. The number of methoxy groups -OCH3 is 1. The van der Waals surface area contributed by atoms with Gasteiger partial charge >= 0.3 is 0 Å². The van der Waals surface area contributed by atoms with Gasteiger partial charge in [0.1, 0.15) is 5.69 Å². The van der Waals surface area contributed by atoms with Crippen LogP contribution in [0.1, 0.15) is 18.5 Å². The van der Waals surface area contributed by atoms with Crippen molar-refractivity contribution in [1.82, 2.24) is 24.7 Å². The van der Waals surface area contributed by atoms with E-state index in [1.165, 1.54) is 0 Å². The molecule has 7 heteroatoms. The minimum absolute atomic E-state index is 0.351. The van der Waals surface area contributed by atoms with Crippen molar-refractivity contribution in [3.8, 4) is 17.2 Å². The lowest BCUT2D eigenvalue weighted by molar-refractivity contribution is 0.0818. The number of piperidine rings is 1. The van der Waals surface area contributed by atoms with Gasteiger partial charge in [-0.3, -0.25) is 4.98 Å². The van der Waals surface area contributed by atoms with E-state index in [0.717, 1.165) is 54.6 Å². The van der Waals surface area contributed by atoms with E-state index in [1.54, 1.807) is 13.3 Å². The van der Waals surface area contributed by atoms with Crippen LogP contribution in [-0.4, -0.2) is 51.0 Å². The van der Waals surface area contributed by atoms with E-state index in [0.29, 0.717) is 6.10 Å². The second kappa shape index (κ2) is 6.68. The topological polar surface area (TPSA) is 71.9 Å². The fourth-order valence-corrected chi connectivity index (χ4v) is 3.20. The molecule has 0 atom stereocenters. The van der Waals surface area contributed by atoms with Crippen molar-refractivity contribution in [2.45, 2.75) is 25.9 Å². The predicted molar refractivity (Wildman–Crippen MR) is 95.9 cm³/mol. The molecule has 4 heterocycles. The fourth-order valence-electron chi connectivity index (χ4n) is 3.20. The number of hydrogen-bond donors (Lipinski definition) is 1. The van der Waals surface area contributed by atoms with Gasteiger partial charge in [-0.25, -0.2) is 9.67 Å². The van der Waals surface area contributed by atoms with Crippen LogP contribution in [0.3, 0.4) is 0 Å². The quantitative estimate of drug-likeness (QED) is 0.792. The molecule has 3 aromatic heterocycles. The third kappa shape index (κ3) is 3.15. The molecule has 1 fully saturated rings. The summed E-state index contributed by atoms with van der Waals surface area (Å²) in [5, 5.41) is 4.84. The molecule has 0 unspecified atom stereocenters. The van der Waals surface area contributed by atoms with E-state index < -0.39 is 0 Å². The highest BCUT2D eigenvalue weighted by molar-refractivity contribution is 5.60. The van der Waals surface area contributed by atoms with Gasteiger partial charge in [0, 0.05) is 44.4 Å². The number of anilines is 1. The first kappa shape index (κ1) is 15.8. The van der Waals surface area contributed by atoms with Crippen molar-refractivity contribution in [3.63, 3.8) is 0 Å². The highest BCUT2D eigenvalue weighted by Crippen LogP contribution is 2.27. The molecule has 3 aromatic rings. The third-order valence-corrected chi connectivity index (χ3v) is 4.68. The Morgan fingerprint density at radius 2 is 2.04 bits per heavy atom. The maximum Gasteiger partial charge on any atom is 0.156 e. The average Bonchev–Trinajstić information content (AvgIpc) is 3.32. The Bertz CT molecular complexity index is 816. The summed E-state index contributed by atoms with van der Waals surface area (Å²) in [4.78, 5) is 14.3. The van der Waals surface area contributed by atoms with Crippen LogP contribution in [0.4, 0.5) is 5.82 Å². The molecule has 0 amide bonds. The summed E-state index contributed by atoms with van der Waals surface area (Å²) in [6, 6.07) is 6.11. The monoisotopic (exact) mass is 338 g/mol. The van der Waals surface area contributed by atoms with Crippen molar-refractivity contribution < 1.29 is 4.74 Å². The van der Waals surface area contributed by atoms with Gasteiger partial charge in [-0.2, -0.15) is 0 Å². The lowest BCUT2D eigenvalue weighted by atomic mass is 10.1. The first-order valence-electron chi connectivity index (χ1n) is 8.55. The fraction of sp³-hybridized carbons (Fsp3) is 0.389. The molecule has 7 nitrogen and oxygen atoms in total. The van der Waals surface area contributed by atoms with E-state index >= 15 is 0 Å². The third-order valence-electron chi connectivity index (χ3n) is 4.68. The Labute approximate surface area is 146 Å². The average molecular weight is 338 g/mol. The van der Waals surface area contributed by atoms with Gasteiger partial charge in [0.2, 0.25) is 0 Å². The van der Waals surface area contributed by atoms with E-state index in [4.69, 9.17) is 9.84 Å². The van der Waals surface area contributed by atoms with Crippen LogP contribution in [-0.2, 0) is 4.74 Å². The van der Waals surface area contributed by atoms with Crippen LogP contribution >= 0.6 is 0 Å². The van der Waals surface area contributed by atoms with E-state index in [1.807, 2.05) is 36.1 Å². The molecule has 1 N–H and O–H groups in total. The number of rotatable bonds is 4.